The molecular formula is C16H28N2O. The van der Waals surface area contributed by atoms with Crippen molar-refractivity contribution in [3.8, 4) is 0 Å². The van der Waals surface area contributed by atoms with E-state index in [0.717, 1.165) is 18.5 Å². The summed E-state index contributed by atoms with van der Waals surface area (Å²) in [4.78, 5) is 0. The van der Waals surface area contributed by atoms with Crippen molar-refractivity contribution in [3.05, 3.63) is 18.0 Å². The predicted octanol–water partition coefficient (Wildman–Crippen LogP) is 3.59. The first-order valence-electron chi connectivity index (χ1n) is 7.84. The monoisotopic (exact) mass is 264 g/mol. The Labute approximate surface area is 117 Å². The number of hydrogen-bond acceptors (Lipinski definition) is 2. The molecule has 1 aliphatic carbocycles. The van der Waals surface area contributed by atoms with Crippen molar-refractivity contribution in [1.29, 1.82) is 0 Å². The molecule has 3 nitrogen and oxygen atoms in total. The standard InChI is InChI=1S/C16H28N2O/c1-13(2)10-14(12-19)11-15-8-9-18(17-15)16-6-4-3-5-7-16/h8-9,13-14,16,19H,3-7,10-12H2,1-2H3. The van der Waals surface area contributed by atoms with E-state index in [-0.39, 0.29) is 6.61 Å². The van der Waals surface area contributed by atoms with Crippen molar-refractivity contribution in [3.63, 3.8) is 0 Å². The zero-order valence-electron chi connectivity index (χ0n) is 12.4. The van der Waals surface area contributed by atoms with Crippen molar-refractivity contribution in [1.82, 2.24) is 9.78 Å². The van der Waals surface area contributed by atoms with Crippen LogP contribution in [0.5, 0.6) is 0 Å². The fourth-order valence-corrected chi connectivity index (χ4v) is 3.22. The summed E-state index contributed by atoms with van der Waals surface area (Å²) in [5, 5.41) is 14.2. The zero-order chi connectivity index (χ0) is 13.7. The summed E-state index contributed by atoms with van der Waals surface area (Å²) in [6.07, 6.45) is 10.7. The highest BCUT2D eigenvalue weighted by Crippen LogP contribution is 2.27. The van der Waals surface area contributed by atoms with Crippen LogP contribution in [0.25, 0.3) is 0 Å². The number of aliphatic hydroxyl groups is 1. The fraction of sp³-hybridized carbons (Fsp3) is 0.812. The smallest absolute Gasteiger partial charge is 0.0628 e. The second-order valence-corrected chi connectivity index (χ2v) is 6.46. The van der Waals surface area contributed by atoms with Crippen LogP contribution in [0.15, 0.2) is 12.3 Å². The Morgan fingerprint density at radius 3 is 2.68 bits per heavy atom. The van der Waals surface area contributed by atoms with E-state index in [1.165, 1.54) is 32.1 Å². The lowest BCUT2D eigenvalue weighted by atomic mass is 9.94. The molecule has 1 aromatic rings. The van der Waals surface area contributed by atoms with Crippen LogP contribution >= 0.6 is 0 Å². The zero-order valence-corrected chi connectivity index (χ0v) is 12.4. The Bertz CT molecular complexity index is 367. The van der Waals surface area contributed by atoms with Gasteiger partial charge in [0.2, 0.25) is 0 Å². The molecule has 2 rings (SSSR count). The summed E-state index contributed by atoms with van der Waals surface area (Å²) in [5.41, 5.74) is 1.14. The third kappa shape index (κ3) is 4.34. The Kier molecular flexibility index (Phi) is 5.44. The molecule has 0 bridgehead atoms. The minimum Gasteiger partial charge on any atom is -0.396 e. The van der Waals surface area contributed by atoms with Crippen molar-refractivity contribution in [2.24, 2.45) is 11.8 Å². The van der Waals surface area contributed by atoms with Gasteiger partial charge in [-0.1, -0.05) is 33.1 Å². The number of rotatable bonds is 6. The molecule has 0 radical (unpaired) electrons. The van der Waals surface area contributed by atoms with Crippen LogP contribution in [0, 0.1) is 11.8 Å². The molecule has 1 saturated carbocycles. The molecule has 0 amide bonds. The van der Waals surface area contributed by atoms with Crippen LogP contribution in [-0.4, -0.2) is 21.5 Å². The fourth-order valence-electron chi connectivity index (χ4n) is 3.22. The van der Waals surface area contributed by atoms with Crippen LogP contribution in [0.2, 0.25) is 0 Å². The SMILES string of the molecule is CC(C)CC(CO)Cc1ccn(C2CCCCC2)n1. The maximum absolute atomic E-state index is 9.46. The van der Waals surface area contributed by atoms with Gasteiger partial charge in [-0.15, -0.1) is 0 Å². The van der Waals surface area contributed by atoms with Gasteiger partial charge in [0.15, 0.2) is 0 Å². The van der Waals surface area contributed by atoms with Crippen molar-refractivity contribution >= 4 is 0 Å². The summed E-state index contributed by atoms with van der Waals surface area (Å²) in [6, 6.07) is 2.75. The van der Waals surface area contributed by atoms with E-state index in [9.17, 15) is 5.11 Å². The van der Waals surface area contributed by atoms with Gasteiger partial charge in [0, 0.05) is 12.8 Å². The molecule has 0 spiro atoms. The average Bonchev–Trinajstić information content (AvgIpc) is 2.87. The number of hydrogen-bond donors (Lipinski definition) is 1. The van der Waals surface area contributed by atoms with Gasteiger partial charge in [-0.2, -0.15) is 5.10 Å². The van der Waals surface area contributed by atoms with E-state index >= 15 is 0 Å². The van der Waals surface area contributed by atoms with Gasteiger partial charge in [-0.25, -0.2) is 0 Å². The molecule has 1 unspecified atom stereocenters. The third-order valence-electron chi connectivity index (χ3n) is 4.17. The number of aromatic nitrogens is 2. The molecule has 1 fully saturated rings. The molecule has 19 heavy (non-hydrogen) atoms. The summed E-state index contributed by atoms with van der Waals surface area (Å²) < 4.78 is 2.16. The first kappa shape index (κ1) is 14.6. The number of aliphatic hydroxyl groups excluding tert-OH is 1. The molecule has 0 aromatic carbocycles. The van der Waals surface area contributed by atoms with Gasteiger partial charge in [0.05, 0.1) is 11.7 Å². The van der Waals surface area contributed by atoms with Crippen molar-refractivity contribution < 1.29 is 5.11 Å². The first-order chi connectivity index (χ1) is 9.19. The lowest BCUT2D eigenvalue weighted by Gasteiger charge is -2.22. The molecule has 1 aromatic heterocycles. The molecule has 108 valence electrons. The van der Waals surface area contributed by atoms with Crippen LogP contribution in [0.3, 0.4) is 0 Å². The number of nitrogens with zero attached hydrogens (tertiary/aromatic N) is 2. The first-order valence-corrected chi connectivity index (χ1v) is 7.84. The second kappa shape index (κ2) is 7.09. The van der Waals surface area contributed by atoms with E-state index in [1.807, 2.05) is 0 Å². The molecule has 1 aliphatic rings. The molecule has 1 atom stereocenters. The Hall–Kier alpha value is -0.830. The highest BCUT2D eigenvalue weighted by atomic mass is 16.3. The highest BCUT2D eigenvalue weighted by Gasteiger charge is 2.17. The molecule has 1 N–H and O–H groups in total. The summed E-state index contributed by atoms with van der Waals surface area (Å²) in [6.45, 7) is 4.70. The van der Waals surface area contributed by atoms with E-state index < -0.39 is 0 Å². The minimum atomic E-state index is 0.272. The van der Waals surface area contributed by atoms with Gasteiger partial charge >= 0.3 is 0 Å². The quantitative estimate of drug-likeness (QED) is 0.852. The van der Waals surface area contributed by atoms with Gasteiger partial charge in [-0.3, -0.25) is 4.68 Å². The third-order valence-corrected chi connectivity index (χ3v) is 4.17. The van der Waals surface area contributed by atoms with Crippen molar-refractivity contribution in [2.75, 3.05) is 6.61 Å². The van der Waals surface area contributed by atoms with Crippen LogP contribution in [0.1, 0.15) is 64.1 Å². The largest absolute Gasteiger partial charge is 0.396 e. The van der Waals surface area contributed by atoms with Crippen molar-refractivity contribution in [2.45, 2.75) is 64.8 Å². The van der Waals surface area contributed by atoms with Gasteiger partial charge in [-0.05, 0) is 43.6 Å². The molecule has 0 aliphatic heterocycles. The Balaban J connectivity index is 1.92. The van der Waals surface area contributed by atoms with Gasteiger partial charge < -0.3 is 5.11 Å². The topological polar surface area (TPSA) is 38.0 Å². The van der Waals surface area contributed by atoms with E-state index in [0.29, 0.717) is 17.9 Å². The molecule has 0 saturated heterocycles. The van der Waals surface area contributed by atoms with Gasteiger partial charge in [0.25, 0.3) is 0 Å². The highest BCUT2D eigenvalue weighted by molar-refractivity contribution is 5.01. The maximum atomic E-state index is 9.46. The Morgan fingerprint density at radius 1 is 1.32 bits per heavy atom. The minimum absolute atomic E-state index is 0.272. The van der Waals surface area contributed by atoms with Crippen LogP contribution in [-0.2, 0) is 6.42 Å². The van der Waals surface area contributed by atoms with Crippen LogP contribution in [0.4, 0.5) is 0 Å². The average molecular weight is 264 g/mol. The summed E-state index contributed by atoms with van der Waals surface area (Å²) in [5.74, 6) is 0.993. The second-order valence-electron chi connectivity index (χ2n) is 6.46. The molecular weight excluding hydrogens is 236 g/mol. The molecule has 3 heteroatoms. The molecule has 1 heterocycles. The van der Waals surface area contributed by atoms with E-state index in [1.54, 1.807) is 0 Å². The maximum Gasteiger partial charge on any atom is 0.0628 e. The summed E-state index contributed by atoms with van der Waals surface area (Å²) >= 11 is 0. The summed E-state index contributed by atoms with van der Waals surface area (Å²) in [7, 11) is 0. The van der Waals surface area contributed by atoms with E-state index in [2.05, 4.69) is 30.8 Å². The Morgan fingerprint density at radius 2 is 2.05 bits per heavy atom. The normalized spacial score (nSPS) is 18.9. The van der Waals surface area contributed by atoms with E-state index in [4.69, 9.17) is 5.10 Å². The van der Waals surface area contributed by atoms with Gasteiger partial charge in [0.1, 0.15) is 0 Å². The van der Waals surface area contributed by atoms with Crippen LogP contribution < -0.4 is 0 Å². The lowest BCUT2D eigenvalue weighted by Crippen LogP contribution is -2.15. The predicted molar refractivity (Wildman–Crippen MR) is 78.1 cm³/mol. The lowest BCUT2D eigenvalue weighted by molar-refractivity contribution is 0.204.